The fourth-order valence-electron chi connectivity index (χ4n) is 3.72. The van der Waals surface area contributed by atoms with Gasteiger partial charge in [-0.05, 0) is 38.2 Å². The molecule has 128 valence electrons. The van der Waals surface area contributed by atoms with Crippen LogP contribution in [-0.4, -0.2) is 24.2 Å². The number of fused-ring (bicyclic) bond motifs is 1. The van der Waals surface area contributed by atoms with Crippen molar-refractivity contribution in [3.8, 4) is 5.75 Å². The van der Waals surface area contributed by atoms with Crippen molar-refractivity contribution in [1.29, 1.82) is 0 Å². The number of carbonyl (C=O) groups excluding carboxylic acids is 1. The van der Waals surface area contributed by atoms with Gasteiger partial charge >= 0.3 is 11.9 Å². The Morgan fingerprint density at radius 1 is 1.50 bits per heavy atom. The zero-order valence-electron chi connectivity index (χ0n) is 13.8. The van der Waals surface area contributed by atoms with Crippen molar-refractivity contribution in [2.24, 2.45) is 5.92 Å². The van der Waals surface area contributed by atoms with E-state index in [0.717, 1.165) is 35.1 Å². The van der Waals surface area contributed by atoms with Crippen LogP contribution in [0.2, 0.25) is 0 Å². The first kappa shape index (κ1) is 16.4. The summed E-state index contributed by atoms with van der Waals surface area (Å²) >= 11 is 0. The molecule has 0 saturated heterocycles. The second-order valence-electron chi connectivity index (χ2n) is 6.25. The predicted molar refractivity (Wildman–Crippen MR) is 88.0 cm³/mol. The fraction of sp³-hybridized carbons (Fsp3) is 0.444. The lowest BCUT2D eigenvalue weighted by Crippen LogP contribution is -2.12. The quantitative estimate of drug-likeness (QED) is 0.500. The summed E-state index contributed by atoms with van der Waals surface area (Å²) in [7, 11) is 1.57. The Morgan fingerprint density at radius 2 is 2.25 bits per heavy atom. The Hall–Kier alpha value is -2.50. The van der Waals surface area contributed by atoms with E-state index in [9.17, 15) is 14.7 Å². The molecule has 1 aliphatic carbocycles. The number of allylic oxidation sites excluding steroid dienone is 1. The van der Waals surface area contributed by atoms with E-state index in [1.807, 2.05) is 13.0 Å². The van der Waals surface area contributed by atoms with Crippen LogP contribution >= 0.6 is 0 Å². The van der Waals surface area contributed by atoms with E-state index in [1.165, 1.54) is 0 Å². The number of carboxylic acid groups (broad SMARTS) is 1. The van der Waals surface area contributed by atoms with Crippen molar-refractivity contribution in [2.45, 2.75) is 39.2 Å². The third-order valence-electron chi connectivity index (χ3n) is 4.99. The minimum absolute atomic E-state index is 0.211. The fourth-order valence-corrected chi connectivity index (χ4v) is 3.72. The van der Waals surface area contributed by atoms with Crippen LogP contribution in [0.3, 0.4) is 0 Å². The molecular weight excluding hydrogens is 310 g/mol. The first-order chi connectivity index (χ1) is 11.5. The van der Waals surface area contributed by atoms with Crippen molar-refractivity contribution in [1.82, 2.24) is 0 Å². The molecule has 0 aromatic heterocycles. The number of carbonyl (C=O) groups is 2. The molecule has 0 radical (unpaired) electrons. The van der Waals surface area contributed by atoms with E-state index in [1.54, 1.807) is 7.11 Å². The molecule has 1 fully saturated rings. The number of methoxy groups -OCH3 is 1. The lowest BCUT2D eigenvalue weighted by atomic mass is 9.93. The number of benzene rings is 1. The van der Waals surface area contributed by atoms with Gasteiger partial charge in [0.05, 0.1) is 24.3 Å². The van der Waals surface area contributed by atoms with Crippen molar-refractivity contribution in [3.05, 3.63) is 33.9 Å². The largest absolute Gasteiger partial charge is 0.496 e. The molecule has 0 bridgehead atoms. The minimum atomic E-state index is -0.785. The molecule has 2 aliphatic rings. The van der Waals surface area contributed by atoms with Gasteiger partial charge < -0.3 is 20.3 Å². The zero-order chi connectivity index (χ0) is 17.4. The van der Waals surface area contributed by atoms with Gasteiger partial charge in [-0.3, -0.25) is 4.79 Å². The molecule has 1 atom stereocenters. The summed E-state index contributed by atoms with van der Waals surface area (Å²) in [5, 5.41) is 9.29. The van der Waals surface area contributed by atoms with E-state index in [4.69, 9.17) is 15.2 Å². The summed E-state index contributed by atoms with van der Waals surface area (Å²) in [4.78, 5) is 23.3. The molecule has 6 heteroatoms. The van der Waals surface area contributed by atoms with E-state index in [-0.39, 0.29) is 6.61 Å². The SMILES string of the molecule is COc1c(C)c2c(c(N)c1CC=C1CCC[C@H]1C(=O)O)C(=O)OC2. The number of aliphatic carboxylic acids is 1. The van der Waals surface area contributed by atoms with Gasteiger partial charge in [0.15, 0.2) is 0 Å². The average Bonchev–Trinajstić information content (AvgIpc) is 3.16. The molecule has 1 aromatic carbocycles. The molecule has 1 heterocycles. The van der Waals surface area contributed by atoms with Crippen LogP contribution < -0.4 is 10.5 Å². The van der Waals surface area contributed by atoms with Crippen molar-refractivity contribution in [3.63, 3.8) is 0 Å². The predicted octanol–water partition coefficient (Wildman–Crippen LogP) is 2.61. The Bertz CT molecular complexity index is 751. The second kappa shape index (κ2) is 6.19. The van der Waals surface area contributed by atoms with Crippen LogP contribution in [-0.2, 0) is 22.6 Å². The number of anilines is 1. The van der Waals surface area contributed by atoms with E-state index >= 15 is 0 Å². The monoisotopic (exact) mass is 331 g/mol. The van der Waals surface area contributed by atoms with Gasteiger partial charge in [-0.15, -0.1) is 0 Å². The number of ether oxygens (including phenoxy) is 2. The van der Waals surface area contributed by atoms with Gasteiger partial charge in [-0.1, -0.05) is 11.6 Å². The number of hydrogen-bond acceptors (Lipinski definition) is 5. The Labute approximate surface area is 140 Å². The Balaban J connectivity index is 2.02. The maximum absolute atomic E-state index is 12.0. The summed E-state index contributed by atoms with van der Waals surface area (Å²) < 4.78 is 10.6. The lowest BCUT2D eigenvalue weighted by Gasteiger charge is -2.17. The number of rotatable bonds is 4. The molecule has 0 spiro atoms. The molecule has 3 N–H and O–H groups in total. The number of nitrogens with two attached hydrogens (primary N) is 1. The van der Waals surface area contributed by atoms with Crippen molar-refractivity contribution in [2.75, 3.05) is 12.8 Å². The van der Waals surface area contributed by atoms with Gasteiger partial charge in [0.1, 0.15) is 12.4 Å². The Morgan fingerprint density at radius 3 is 2.92 bits per heavy atom. The highest BCUT2D eigenvalue weighted by Crippen LogP contribution is 2.40. The van der Waals surface area contributed by atoms with Gasteiger partial charge in [-0.2, -0.15) is 0 Å². The van der Waals surface area contributed by atoms with Gasteiger partial charge in [0, 0.05) is 11.1 Å². The number of hydrogen-bond donors (Lipinski definition) is 2. The highest BCUT2D eigenvalue weighted by atomic mass is 16.5. The van der Waals surface area contributed by atoms with Crippen LogP contribution in [0.5, 0.6) is 5.75 Å². The molecule has 3 rings (SSSR count). The molecule has 1 saturated carbocycles. The zero-order valence-corrected chi connectivity index (χ0v) is 13.8. The second-order valence-corrected chi connectivity index (χ2v) is 6.25. The van der Waals surface area contributed by atoms with Gasteiger partial charge in [0.25, 0.3) is 0 Å². The van der Waals surface area contributed by atoms with Crippen LogP contribution in [0.4, 0.5) is 5.69 Å². The van der Waals surface area contributed by atoms with Crippen LogP contribution in [0.15, 0.2) is 11.6 Å². The highest BCUT2D eigenvalue weighted by molar-refractivity contribution is 6.00. The molecule has 24 heavy (non-hydrogen) atoms. The van der Waals surface area contributed by atoms with Crippen LogP contribution in [0.25, 0.3) is 0 Å². The van der Waals surface area contributed by atoms with Gasteiger partial charge in [-0.25, -0.2) is 4.79 Å². The van der Waals surface area contributed by atoms with Crippen LogP contribution in [0.1, 0.15) is 46.3 Å². The lowest BCUT2D eigenvalue weighted by molar-refractivity contribution is -0.140. The number of esters is 1. The average molecular weight is 331 g/mol. The normalized spacial score (nSPS) is 21.0. The molecule has 1 aromatic rings. The number of nitrogen functional groups attached to an aromatic ring is 1. The summed E-state index contributed by atoms with van der Waals surface area (Å²) in [5.74, 6) is -0.970. The minimum Gasteiger partial charge on any atom is -0.496 e. The number of cyclic esters (lactones) is 1. The summed E-state index contributed by atoms with van der Waals surface area (Å²) in [6, 6.07) is 0. The Kier molecular flexibility index (Phi) is 4.22. The molecule has 6 nitrogen and oxygen atoms in total. The topological polar surface area (TPSA) is 98.9 Å². The maximum Gasteiger partial charge on any atom is 0.341 e. The van der Waals surface area contributed by atoms with E-state index < -0.39 is 17.9 Å². The van der Waals surface area contributed by atoms with E-state index in [0.29, 0.717) is 29.8 Å². The standard InChI is InChI=1S/C18H21NO5/c1-9-13-8-24-18(22)14(13)15(19)12(16(9)23-2)7-6-10-4-3-5-11(10)17(20)21/h6,11H,3-5,7-8,19H2,1-2H3,(H,20,21)/t11-/m1/s1. The highest BCUT2D eigenvalue weighted by Gasteiger charge is 2.31. The third-order valence-corrected chi connectivity index (χ3v) is 4.99. The number of carboxylic acids is 1. The smallest absolute Gasteiger partial charge is 0.341 e. The van der Waals surface area contributed by atoms with Crippen molar-refractivity contribution < 1.29 is 24.2 Å². The molecule has 0 amide bonds. The summed E-state index contributed by atoms with van der Waals surface area (Å²) in [6.07, 6.45) is 4.70. The molecular formula is C18H21NO5. The van der Waals surface area contributed by atoms with Crippen LogP contribution in [0, 0.1) is 12.8 Å². The maximum atomic E-state index is 12.0. The first-order valence-electron chi connectivity index (χ1n) is 8.02. The van der Waals surface area contributed by atoms with Gasteiger partial charge in [0.2, 0.25) is 0 Å². The van der Waals surface area contributed by atoms with Crippen molar-refractivity contribution >= 4 is 17.6 Å². The van der Waals surface area contributed by atoms with E-state index in [2.05, 4.69) is 0 Å². The summed E-state index contributed by atoms with van der Waals surface area (Å²) in [5.41, 5.74) is 10.3. The summed E-state index contributed by atoms with van der Waals surface area (Å²) in [6.45, 7) is 2.09. The first-order valence-corrected chi connectivity index (χ1v) is 8.02. The third kappa shape index (κ3) is 2.52. The molecule has 1 aliphatic heterocycles. The molecule has 0 unspecified atom stereocenters.